The first-order valence-electron chi connectivity index (χ1n) is 8.98. The first kappa shape index (κ1) is 22.2. The molecule has 27 heavy (non-hydrogen) atoms. The van der Waals surface area contributed by atoms with Gasteiger partial charge in [-0.1, -0.05) is 23.9 Å². The summed E-state index contributed by atoms with van der Waals surface area (Å²) in [5.74, 6) is -0.244. The number of hydrogen-bond acceptors (Lipinski definition) is 5. The normalized spacial score (nSPS) is 21.1. The van der Waals surface area contributed by atoms with Crippen LogP contribution in [0.15, 0.2) is 33.8 Å². The van der Waals surface area contributed by atoms with Gasteiger partial charge in [-0.25, -0.2) is 9.37 Å². The van der Waals surface area contributed by atoms with Gasteiger partial charge in [-0.3, -0.25) is 4.79 Å². The van der Waals surface area contributed by atoms with Crippen molar-refractivity contribution in [3.8, 4) is 0 Å². The van der Waals surface area contributed by atoms with Gasteiger partial charge >= 0.3 is 6.08 Å². The number of thiazole rings is 1. The van der Waals surface area contributed by atoms with E-state index in [1.54, 1.807) is 29.2 Å². The molecule has 0 amide bonds. The Kier molecular flexibility index (Phi) is 9.05. The quantitative estimate of drug-likeness (QED) is 0.391. The summed E-state index contributed by atoms with van der Waals surface area (Å²) in [4.78, 5) is 16.5. The zero-order valence-electron chi connectivity index (χ0n) is 15.2. The van der Waals surface area contributed by atoms with Gasteiger partial charge in [0.2, 0.25) is 0 Å². The Morgan fingerprint density at radius 1 is 1.48 bits per heavy atom. The van der Waals surface area contributed by atoms with Crippen LogP contribution in [0.4, 0.5) is 13.2 Å². The van der Waals surface area contributed by atoms with Crippen molar-refractivity contribution in [2.24, 2.45) is 11.8 Å². The summed E-state index contributed by atoms with van der Waals surface area (Å²) >= 11 is 3.27. The summed E-state index contributed by atoms with van der Waals surface area (Å²) < 4.78 is 37.8. The third-order valence-corrected chi connectivity index (χ3v) is 6.77. The topological polar surface area (TPSA) is 50.2 Å². The highest BCUT2D eigenvalue weighted by atomic mass is 32.2. The maximum atomic E-state index is 12.7. The molecule has 0 saturated heterocycles. The van der Waals surface area contributed by atoms with Crippen molar-refractivity contribution >= 4 is 28.9 Å². The minimum atomic E-state index is -2.32. The third-order valence-electron chi connectivity index (χ3n) is 4.60. The molecular weight excluding hydrogens is 395 g/mol. The SMILES string of the molecule is Cc1csc(SCCC2C(=O)CCC2/C=C/CC(O)CCC(F)=C(F)F)n1. The van der Waals surface area contributed by atoms with Crippen LogP contribution in [0.2, 0.25) is 0 Å². The van der Waals surface area contributed by atoms with E-state index in [9.17, 15) is 23.1 Å². The lowest BCUT2D eigenvalue weighted by molar-refractivity contribution is -0.121. The minimum Gasteiger partial charge on any atom is -0.393 e. The van der Waals surface area contributed by atoms with Gasteiger partial charge in [0.05, 0.1) is 6.10 Å². The van der Waals surface area contributed by atoms with E-state index in [1.165, 1.54) is 0 Å². The maximum Gasteiger partial charge on any atom is 0.301 e. The Morgan fingerprint density at radius 2 is 2.26 bits per heavy atom. The van der Waals surface area contributed by atoms with Crippen LogP contribution >= 0.6 is 23.1 Å². The number of nitrogens with zero attached hydrogens (tertiary/aromatic N) is 1. The number of thioether (sulfide) groups is 1. The van der Waals surface area contributed by atoms with Crippen LogP contribution in [0, 0.1) is 18.8 Å². The lowest BCUT2D eigenvalue weighted by Crippen LogP contribution is -2.14. The number of rotatable bonds is 10. The number of ketones is 1. The molecule has 0 spiro atoms. The monoisotopic (exact) mass is 419 g/mol. The van der Waals surface area contributed by atoms with E-state index in [2.05, 4.69) is 4.98 Å². The molecule has 1 aliphatic carbocycles. The molecule has 1 aromatic heterocycles. The molecule has 0 aromatic carbocycles. The van der Waals surface area contributed by atoms with Gasteiger partial charge in [-0.05, 0) is 38.5 Å². The van der Waals surface area contributed by atoms with Crippen molar-refractivity contribution in [2.75, 3.05) is 5.75 Å². The Hall–Kier alpha value is -1.12. The molecule has 3 atom stereocenters. The van der Waals surface area contributed by atoms with Crippen LogP contribution < -0.4 is 0 Å². The van der Waals surface area contributed by atoms with Crippen LogP contribution in [-0.2, 0) is 4.79 Å². The van der Waals surface area contributed by atoms with E-state index in [4.69, 9.17) is 0 Å². The van der Waals surface area contributed by atoms with Gasteiger partial charge in [0.15, 0.2) is 5.83 Å². The molecule has 1 aromatic rings. The molecule has 0 bridgehead atoms. The van der Waals surface area contributed by atoms with E-state index >= 15 is 0 Å². The molecule has 3 nitrogen and oxygen atoms in total. The fraction of sp³-hybridized carbons (Fsp3) is 0.579. The molecule has 1 aliphatic rings. The second-order valence-corrected chi connectivity index (χ2v) is 8.89. The van der Waals surface area contributed by atoms with Crippen LogP contribution in [0.3, 0.4) is 0 Å². The van der Waals surface area contributed by atoms with Crippen molar-refractivity contribution < 1.29 is 23.1 Å². The molecule has 1 N–H and O–H groups in total. The number of hydrogen-bond donors (Lipinski definition) is 1. The highest BCUT2D eigenvalue weighted by molar-refractivity contribution is 8.01. The Balaban J connectivity index is 1.75. The lowest BCUT2D eigenvalue weighted by atomic mass is 9.92. The predicted molar refractivity (Wildman–Crippen MR) is 103 cm³/mol. The van der Waals surface area contributed by atoms with E-state index in [0.717, 1.165) is 28.6 Å². The predicted octanol–water partition coefficient (Wildman–Crippen LogP) is 5.69. The Morgan fingerprint density at radius 3 is 2.93 bits per heavy atom. The fourth-order valence-corrected chi connectivity index (χ4v) is 5.07. The van der Waals surface area contributed by atoms with Gasteiger partial charge in [0.1, 0.15) is 10.1 Å². The summed E-state index contributed by atoms with van der Waals surface area (Å²) in [5.41, 5.74) is 1.00. The summed E-state index contributed by atoms with van der Waals surface area (Å²) in [5, 5.41) is 11.8. The number of aromatic nitrogens is 1. The number of aryl methyl sites for hydroxylation is 1. The summed E-state index contributed by atoms with van der Waals surface area (Å²) in [6.07, 6.45) is 2.43. The van der Waals surface area contributed by atoms with Crippen molar-refractivity contribution in [1.82, 2.24) is 4.98 Å². The van der Waals surface area contributed by atoms with E-state index in [0.29, 0.717) is 6.42 Å². The lowest BCUT2D eigenvalue weighted by Gasteiger charge is -2.14. The average Bonchev–Trinajstić information content (AvgIpc) is 3.19. The molecule has 1 saturated carbocycles. The van der Waals surface area contributed by atoms with Crippen LogP contribution in [0.1, 0.15) is 44.2 Å². The number of halogens is 3. The number of allylic oxidation sites excluding steroid dienone is 2. The summed E-state index contributed by atoms with van der Waals surface area (Å²) in [7, 11) is 0. The largest absolute Gasteiger partial charge is 0.393 e. The molecule has 0 aliphatic heterocycles. The van der Waals surface area contributed by atoms with E-state index < -0.39 is 24.4 Å². The molecule has 1 heterocycles. The van der Waals surface area contributed by atoms with Gasteiger partial charge < -0.3 is 5.11 Å². The standard InChI is InChI=1S/C19H24F3NO2S2/c1-12-11-27-19(23-12)26-10-9-15-13(5-8-17(15)25)3-2-4-14(24)6-7-16(20)18(21)22/h2-3,11,13-15,24H,4-10H2,1H3/b3-2+. The third kappa shape index (κ3) is 7.43. The zero-order chi connectivity index (χ0) is 19.8. The number of carbonyl (C=O) groups is 1. The fourth-order valence-electron chi connectivity index (χ4n) is 3.13. The molecule has 2 rings (SSSR count). The Bertz CT molecular complexity index is 686. The molecule has 1 fully saturated rings. The average molecular weight is 420 g/mol. The van der Waals surface area contributed by atoms with Gasteiger partial charge in [0.25, 0.3) is 0 Å². The molecule has 0 radical (unpaired) electrons. The van der Waals surface area contributed by atoms with Crippen LogP contribution in [0.25, 0.3) is 0 Å². The van der Waals surface area contributed by atoms with Crippen LogP contribution in [0.5, 0.6) is 0 Å². The highest BCUT2D eigenvalue weighted by Crippen LogP contribution is 2.34. The molecular formula is C19H24F3NO2S2. The first-order chi connectivity index (χ1) is 12.9. The number of aliphatic hydroxyl groups excluding tert-OH is 1. The minimum absolute atomic E-state index is 0.0204. The van der Waals surface area contributed by atoms with Crippen LogP contribution in [-0.4, -0.2) is 27.7 Å². The van der Waals surface area contributed by atoms with Gasteiger partial charge in [-0.15, -0.1) is 11.3 Å². The summed E-state index contributed by atoms with van der Waals surface area (Å²) in [6.45, 7) is 1.95. The molecule has 150 valence electrons. The van der Waals surface area contributed by atoms with Crippen molar-refractivity contribution in [2.45, 2.75) is 55.9 Å². The van der Waals surface area contributed by atoms with Gasteiger partial charge in [0, 0.05) is 35.6 Å². The van der Waals surface area contributed by atoms with E-state index in [1.807, 2.05) is 18.4 Å². The highest BCUT2D eigenvalue weighted by Gasteiger charge is 2.32. The van der Waals surface area contributed by atoms with Crippen molar-refractivity contribution in [3.63, 3.8) is 0 Å². The smallest absolute Gasteiger partial charge is 0.301 e. The number of Topliss-reactive ketones (excluding diaryl/α,β-unsaturated/α-hetero) is 1. The van der Waals surface area contributed by atoms with E-state index in [-0.39, 0.29) is 30.5 Å². The number of carbonyl (C=O) groups excluding carboxylic acids is 1. The second kappa shape index (κ2) is 11.0. The number of aliphatic hydroxyl groups is 1. The van der Waals surface area contributed by atoms with Gasteiger partial charge in [-0.2, -0.15) is 8.78 Å². The Labute approximate surface area is 165 Å². The maximum absolute atomic E-state index is 12.7. The van der Waals surface area contributed by atoms with Crippen molar-refractivity contribution in [1.29, 1.82) is 0 Å². The van der Waals surface area contributed by atoms with Crippen molar-refractivity contribution in [3.05, 3.63) is 35.1 Å². The second-order valence-electron chi connectivity index (χ2n) is 6.69. The molecule has 8 heteroatoms. The first-order valence-corrected chi connectivity index (χ1v) is 10.9. The zero-order valence-corrected chi connectivity index (χ0v) is 16.8. The molecule has 3 unspecified atom stereocenters. The summed E-state index contributed by atoms with van der Waals surface area (Å²) in [6, 6.07) is 0.